The average molecular weight is 340 g/mol. The minimum Gasteiger partial charge on any atom is -0.361 e. The van der Waals surface area contributed by atoms with E-state index in [-0.39, 0.29) is 0 Å². The van der Waals surface area contributed by atoms with E-state index in [0.29, 0.717) is 11.0 Å². The van der Waals surface area contributed by atoms with Crippen molar-refractivity contribution in [2.24, 2.45) is 5.10 Å². The number of rotatable bonds is 10. The zero-order valence-corrected chi connectivity index (χ0v) is 14.8. The van der Waals surface area contributed by atoms with Crippen LogP contribution in [0.3, 0.4) is 0 Å². The Balaban J connectivity index is 2.45. The summed E-state index contributed by atoms with van der Waals surface area (Å²) in [6.45, 7) is 3.10. The molecule has 0 saturated heterocycles. The van der Waals surface area contributed by atoms with Gasteiger partial charge in [-0.3, -0.25) is 5.43 Å². The van der Waals surface area contributed by atoms with Crippen LogP contribution in [-0.4, -0.2) is 23.2 Å². The van der Waals surface area contributed by atoms with Crippen LogP contribution in [0, 0.1) is 0 Å². The zero-order valence-electron chi connectivity index (χ0n) is 13.3. The number of alkyl halides is 1. The van der Waals surface area contributed by atoms with Gasteiger partial charge in [0, 0.05) is 12.4 Å². The lowest BCUT2D eigenvalue weighted by molar-refractivity contribution is 0.651. The van der Waals surface area contributed by atoms with Gasteiger partial charge in [-0.2, -0.15) is 5.10 Å². The summed E-state index contributed by atoms with van der Waals surface area (Å²) in [5, 5.41) is 8.22. The molecular formula is C17H26ClN3S. The highest BCUT2D eigenvalue weighted by atomic mass is 35.5. The maximum absolute atomic E-state index is 5.79. The molecule has 0 fully saturated rings. The summed E-state index contributed by atoms with van der Waals surface area (Å²) in [6.07, 6.45) is 6.62. The van der Waals surface area contributed by atoms with Crippen LogP contribution in [0.4, 0.5) is 0 Å². The Hall–Kier alpha value is -1.13. The number of benzene rings is 1. The van der Waals surface area contributed by atoms with Gasteiger partial charge in [0.1, 0.15) is 0 Å². The molecule has 0 aliphatic heterocycles. The van der Waals surface area contributed by atoms with Crippen molar-refractivity contribution in [1.29, 1.82) is 0 Å². The predicted octanol–water partition coefficient (Wildman–Crippen LogP) is 4.45. The SMILES string of the molecule is CCCCCCNC(=S)NN=C(CCCCl)c1ccccc1. The van der Waals surface area contributed by atoms with Gasteiger partial charge < -0.3 is 5.32 Å². The number of halogens is 1. The van der Waals surface area contributed by atoms with E-state index in [2.05, 4.69) is 34.9 Å². The van der Waals surface area contributed by atoms with Gasteiger partial charge in [0.2, 0.25) is 0 Å². The molecule has 0 unspecified atom stereocenters. The van der Waals surface area contributed by atoms with E-state index in [0.717, 1.165) is 37.1 Å². The average Bonchev–Trinajstić information content (AvgIpc) is 2.55. The van der Waals surface area contributed by atoms with E-state index in [1.165, 1.54) is 19.3 Å². The number of nitrogens with one attached hydrogen (secondary N) is 2. The summed E-state index contributed by atoms with van der Waals surface area (Å²) < 4.78 is 0. The van der Waals surface area contributed by atoms with Crippen molar-refractivity contribution in [2.75, 3.05) is 12.4 Å². The Morgan fingerprint density at radius 2 is 1.91 bits per heavy atom. The molecule has 1 aromatic rings. The van der Waals surface area contributed by atoms with E-state index in [9.17, 15) is 0 Å². The van der Waals surface area contributed by atoms with Gasteiger partial charge >= 0.3 is 0 Å². The van der Waals surface area contributed by atoms with E-state index < -0.39 is 0 Å². The first-order valence-electron chi connectivity index (χ1n) is 7.99. The van der Waals surface area contributed by atoms with E-state index >= 15 is 0 Å². The molecular weight excluding hydrogens is 314 g/mol. The van der Waals surface area contributed by atoms with Gasteiger partial charge in [-0.05, 0) is 37.0 Å². The Kier molecular flexibility index (Phi) is 10.7. The standard InChI is InChI=1S/C17H26ClN3S/c1-2-3-4-8-14-19-17(22)21-20-16(12-9-13-18)15-10-6-5-7-11-15/h5-7,10-11H,2-4,8-9,12-14H2,1H3,(H2,19,21,22). The first-order chi connectivity index (χ1) is 10.8. The summed E-state index contributed by atoms with van der Waals surface area (Å²) in [7, 11) is 0. The second kappa shape index (κ2) is 12.4. The van der Waals surface area contributed by atoms with Gasteiger partial charge in [-0.1, -0.05) is 56.5 Å². The van der Waals surface area contributed by atoms with Crippen LogP contribution in [-0.2, 0) is 0 Å². The second-order valence-corrected chi connectivity index (χ2v) is 5.93. The number of hydrogen-bond acceptors (Lipinski definition) is 2. The van der Waals surface area contributed by atoms with Crippen LogP contribution < -0.4 is 10.7 Å². The summed E-state index contributed by atoms with van der Waals surface area (Å²) >= 11 is 11.0. The van der Waals surface area contributed by atoms with Crippen molar-refractivity contribution in [3.8, 4) is 0 Å². The van der Waals surface area contributed by atoms with Crippen LogP contribution in [0.5, 0.6) is 0 Å². The van der Waals surface area contributed by atoms with Crippen molar-refractivity contribution in [2.45, 2.75) is 45.4 Å². The number of unbranched alkanes of at least 4 members (excludes halogenated alkanes) is 3. The van der Waals surface area contributed by atoms with E-state index in [4.69, 9.17) is 23.8 Å². The number of hydrazone groups is 1. The first-order valence-corrected chi connectivity index (χ1v) is 8.94. The van der Waals surface area contributed by atoms with Gasteiger partial charge in [-0.25, -0.2) is 0 Å². The fourth-order valence-electron chi connectivity index (χ4n) is 2.04. The second-order valence-electron chi connectivity index (χ2n) is 5.15. The Bertz CT molecular complexity index is 448. The lowest BCUT2D eigenvalue weighted by atomic mass is 10.1. The van der Waals surface area contributed by atoms with Crippen LogP contribution in [0.25, 0.3) is 0 Å². The van der Waals surface area contributed by atoms with E-state index in [1.54, 1.807) is 0 Å². The first kappa shape index (κ1) is 18.9. The molecule has 0 radical (unpaired) electrons. The third-order valence-corrected chi connectivity index (χ3v) is 3.77. The molecule has 3 nitrogen and oxygen atoms in total. The minimum absolute atomic E-state index is 0.579. The lowest BCUT2D eigenvalue weighted by Crippen LogP contribution is -2.33. The zero-order chi connectivity index (χ0) is 16.0. The van der Waals surface area contributed by atoms with Gasteiger partial charge in [0.05, 0.1) is 5.71 Å². The number of hydrogen-bond donors (Lipinski definition) is 2. The molecule has 0 aromatic heterocycles. The van der Waals surface area contributed by atoms with Crippen LogP contribution in [0.2, 0.25) is 0 Å². The Labute approximate surface area is 144 Å². The molecule has 0 heterocycles. The third kappa shape index (κ3) is 8.35. The van der Waals surface area contributed by atoms with Crippen LogP contribution in [0.1, 0.15) is 51.0 Å². The molecule has 0 saturated carbocycles. The highest BCUT2D eigenvalue weighted by molar-refractivity contribution is 7.80. The predicted molar refractivity (Wildman–Crippen MR) is 101 cm³/mol. The molecule has 0 aliphatic rings. The molecule has 0 aliphatic carbocycles. The monoisotopic (exact) mass is 339 g/mol. The molecule has 2 N–H and O–H groups in total. The molecule has 0 spiro atoms. The summed E-state index contributed by atoms with van der Waals surface area (Å²) in [5.41, 5.74) is 5.03. The van der Waals surface area contributed by atoms with Crippen LogP contribution >= 0.6 is 23.8 Å². The normalized spacial score (nSPS) is 11.3. The number of nitrogens with zero attached hydrogens (tertiary/aromatic N) is 1. The molecule has 0 atom stereocenters. The van der Waals surface area contributed by atoms with Crippen molar-refractivity contribution < 1.29 is 0 Å². The highest BCUT2D eigenvalue weighted by Gasteiger charge is 2.03. The summed E-state index contributed by atoms with van der Waals surface area (Å²) in [6, 6.07) is 10.1. The largest absolute Gasteiger partial charge is 0.361 e. The Morgan fingerprint density at radius 1 is 1.14 bits per heavy atom. The molecule has 5 heteroatoms. The fourth-order valence-corrected chi connectivity index (χ4v) is 2.32. The molecule has 1 rings (SSSR count). The van der Waals surface area contributed by atoms with Gasteiger partial charge in [0.25, 0.3) is 0 Å². The van der Waals surface area contributed by atoms with Crippen molar-refractivity contribution in [1.82, 2.24) is 10.7 Å². The lowest BCUT2D eigenvalue weighted by Gasteiger charge is -2.10. The van der Waals surface area contributed by atoms with Gasteiger partial charge in [-0.15, -0.1) is 11.6 Å². The minimum atomic E-state index is 0.579. The summed E-state index contributed by atoms with van der Waals surface area (Å²) in [5.74, 6) is 0.631. The molecule has 122 valence electrons. The van der Waals surface area contributed by atoms with Crippen LogP contribution in [0.15, 0.2) is 35.4 Å². The van der Waals surface area contributed by atoms with Crippen molar-refractivity contribution in [3.63, 3.8) is 0 Å². The van der Waals surface area contributed by atoms with Crippen molar-refractivity contribution >= 4 is 34.6 Å². The Morgan fingerprint density at radius 3 is 2.59 bits per heavy atom. The quantitative estimate of drug-likeness (QED) is 0.217. The number of thiocarbonyl (C=S) groups is 1. The van der Waals surface area contributed by atoms with Crippen molar-refractivity contribution in [3.05, 3.63) is 35.9 Å². The molecule has 0 bridgehead atoms. The smallest absolute Gasteiger partial charge is 0.186 e. The van der Waals surface area contributed by atoms with Gasteiger partial charge in [0.15, 0.2) is 5.11 Å². The maximum atomic E-state index is 5.79. The highest BCUT2D eigenvalue weighted by Crippen LogP contribution is 2.07. The summed E-state index contributed by atoms with van der Waals surface area (Å²) in [4.78, 5) is 0. The molecule has 22 heavy (non-hydrogen) atoms. The fraction of sp³-hybridized carbons (Fsp3) is 0.529. The third-order valence-electron chi connectivity index (χ3n) is 3.26. The topological polar surface area (TPSA) is 36.4 Å². The molecule has 1 aromatic carbocycles. The van der Waals surface area contributed by atoms with E-state index in [1.807, 2.05) is 18.2 Å². The molecule has 0 amide bonds. The maximum Gasteiger partial charge on any atom is 0.186 e.